The van der Waals surface area contributed by atoms with E-state index in [1.54, 1.807) is 0 Å². The summed E-state index contributed by atoms with van der Waals surface area (Å²) in [7, 11) is 1.45. The van der Waals surface area contributed by atoms with Gasteiger partial charge >= 0.3 is 5.97 Å². The highest BCUT2D eigenvalue weighted by atomic mass is 16.4. The van der Waals surface area contributed by atoms with Crippen LogP contribution in [0.1, 0.15) is 12.8 Å². The van der Waals surface area contributed by atoms with E-state index in [-0.39, 0.29) is 24.5 Å². The zero-order valence-electron chi connectivity index (χ0n) is 6.07. The SMILES string of the molecule is CN1N=C(C(=O)O)CCC1=O. The smallest absolute Gasteiger partial charge is 0.352 e. The molecule has 0 atom stereocenters. The van der Waals surface area contributed by atoms with Crippen LogP contribution >= 0.6 is 0 Å². The monoisotopic (exact) mass is 156 g/mol. The van der Waals surface area contributed by atoms with Crippen molar-refractivity contribution in [3.8, 4) is 0 Å². The van der Waals surface area contributed by atoms with Crippen LogP contribution in [-0.4, -0.2) is 34.8 Å². The van der Waals surface area contributed by atoms with E-state index in [9.17, 15) is 9.59 Å². The molecule has 1 heterocycles. The molecule has 1 aliphatic rings. The molecular formula is C6H8N2O3. The predicted octanol–water partition coefficient (Wildman–Crippen LogP) is -0.321. The molecule has 60 valence electrons. The van der Waals surface area contributed by atoms with Crippen molar-refractivity contribution < 1.29 is 14.7 Å². The van der Waals surface area contributed by atoms with Crippen LogP contribution in [0.3, 0.4) is 0 Å². The number of aliphatic carboxylic acids is 1. The summed E-state index contributed by atoms with van der Waals surface area (Å²) >= 11 is 0. The summed E-state index contributed by atoms with van der Waals surface area (Å²) in [5.41, 5.74) is 0.0482. The number of rotatable bonds is 1. The number of carboxylic acid groups (broad SMARTS) is 1. The highest BCUT2D eigenvalue weighted by Gasteiger charge is 2.20. The molecule has 0 radical (unpaired) electrons. The van der Waals surface area contributed by atoms with Gasteiger partial charge in [-0.1, -0.05) is 0 Å². The van der Waals surface area contributed by atoms with Crippen molar-refractivity contribution in [1.82, 2.24) is 5.01 Å². The third kappa shape index (κ3) is 1.54. The second-order valence-corrected chi connectivity index (χ2v) is 2.27. The number of carbonyl (C=O) groups excluding carboxylic acids is 1. The van der Waals surface area contributed by atoms with Gasteiger partial charge in [0.2, 0.25) is 5.91 Å². The maximum atomic E-state index is 10.8. The molecule has 11 heavy (non-hydrogen) atoms. The summed E-state index contributed by atoms with van der Waals surface area (Å²) in [6.07, 6.45) is 0.472. The summed E-state index contributed by atoms with van der Waals surface area (Å²) in [5.74, 6) is -1.20. The van der Waals surface area contributed by atoms with E-state index in [4.69, 9.17) is 5.11 Å². The molecule has 0 saturated heterocycles. The highest BCUT2D eigenvalue weighted by Crippen LogP contribution is 2.06. The summed E-state index contributed by atoms with van der Waals surface area (Å²) < 4.78 is 0. The van der Waals surface area contributed by atoms with Gasteiger partial charge in [0.05, 0.1) is 0 Å². The standard InChI is InChI=1S/C6H8N2O3/c1-8-5(9)3-2-4(7-8)6(10)11/h2-3H2,1H3,(H,10,11). The number of amides is 1. The first kappa shape index (κ1) is 7.71. The Morgan fingerprint density at radius 1 is 1.64 bits per heavy atom. The van der Waals surface area contributed by atoms with E-state index in [0.29, 0.717) is 0 Å². The maximum Gasteiger partial charge on any atom is 0.352 e. The molecule has 0 aliphatic carbocycles. The van der Waals surface area contributed by atoms with Crippen LogP contribution in [0.2, 0.25) is 0 Å². The molecule has 1 amide bonds. The molecule has 0 aromatic rings. The summed E-state index contributed by atoms with van der Waals surface area (Å²) in [6.45, 7) is 0. The molecule has 5 nitrogen and oxygen atoms in total. The number of nitrogens with zero attached hydrogens (tertiary/aromatic N) is 2. The largest absolute Gasteiger partial charge is 0.477 e. The molecule has 1 aliphatic heterocycles. The number of hydrogen-bond acceptors (Lipinski definition) is 3. The van der Waals surface area contributed by atoms with E-state index in [0.717, 1.165) is 5.01 Å². The zero-order valence-corrected chi connectivity index (χ0v) is 6.07. The fourth-order valence-electron chi connectivity index (χ4n) is 0.824. The fraction of sp³-hybridized carbons (Fsp3) is 0.500. The minimum Gasteiger partial charge on any atom is -0.477 e. The molecule has 0 bridgehead atoms. The van der Waals surface area contributed by atoms with E-state index in [1.165, 1.54) is 7.05 Å². The molecule has 0 aromatic heterocycles. The maximum absolute atomic E-state index is 10.8. The summed E-state index contributed by atoms with van der Waals surface area (Å²) in [4.78, 5) is 21.1. The van der Waals surface area contributed by atoms with Gasteiger partial charge in [0.15, 0.2) is 0 Å². The second kappa shape index (κ2) is 2.69. The zero-order chi connectivity index (χ0) is 8.43. The lowest BCUT2D eigenvalue weighted by molar-refractivity contribution is -0.131. The van der Waals surface area contributed by atoms with Gasteiger partial charge in [-0.25, -0.2) is 9.80 Å². The van der Waals surface area contributed by atoms with Crippen LogP contribution in [0, 0.1) is 0 Å². The number of hydrogen-bond donors (Lipinski definition) is 1. The average Bonchev–Trinajstić information content (AvgIpc) is 1.94. The minimum atomic E-state index is -1.05. The normalized spacial score (nSPS) is 18.1. The van der Waals surface area contributed by atoms with Crippen LogP contribution in [0.15, 0.2) is 5.10 Å². The number of carbonyl (C=O) groups is 2. The predicted molar refractivity (Wildman–Crippen MR) is 37.1 cm³/mol. The topological polar surface area (TPSA) is 70.0 Å². The van der Waals surface area contributed by atoms with Gasteiger partial charge < -0.3 is 5.11 Å². The third-order valence-electron chi connectivity index (χ3n) is 1.45. The van der Waals surface area contributed by atoms with Crippen molar-refractivity contribution in [3.63, 3.8) is 0 Å². The van der Waals surface area contributed by atoms with Crippen LogP contribution in [-0.2, 0) is 9.59 Å². The molecule has 0 fully saturated rings. The number of hydrazone groups is 1. The third-order valence-corrected chi connectivity index (χ3v) is 1.45. The Bertz CT molecular complexity index is 234. The Morgan fingerprint density at radius 3 is 2.73 bits per heavy atom. The van der Waals surface area contributed by atoms with E-state index >= 15 is 0 Å². The van der Waals surface area contributed by atoms with Crippen LogP contribution in [0.5, 0.6) is 0 Å². The quantitative estimate of drug-likeness (QED) is 0.565. The Labute approximate surface area is 63.3 Å². The van der Waals surface area contributed by atoms with Crippen LogP contribution < -0.4 is 0 Å². The van der Waals surface area contributed by atoms with Crippen molar-refractivity contribution in [1.29, 1.82) is 0 Å². The minimum absolute atomic E-state index is 0.0482. The van der Waals surface area contributed by atoms with E-state index in [2.05, 4.69) is 5.10 Å². The molecule has 0 saturated carbocycles. The van der Waals surface area contributed by atoms with Crippen molar-refractivity contribution in [2.45, 2.75) is 12.8 Å². The van der Waals surface area contributed by atoms with Crippen molar-refractivity contribution in [3.05, 3.63) is 0 Å². The first-order chi connectivity index (χ1) is 5.11. The molecule has 1 N–H and O–H groups in total. The molecule has 0 spiro atoms. The van der Waals surface area contributed by atoms with Gasteiger partial charge in [-0.2, -0.15) is 5.10 Å². The van der Waals surface area contributed by atoms with E-state index < -0.39 is 5.97 Å². The molecule has 5 heteroatoms. The lowest BCUT2D eigenvalue weighted by Gasteiger charge is -2.16. The van der Waals surface area contributed by atoms with Gasteiger partial charge in [0, 0.05) is 19.9 Å². The Kier molecular flexibility index (Phi) is 1.89. The van der Waals surface area contributed by atoms with E-state index in [1.807, 2.05) is 0 Å². The first-order valence-corrected chi connectivity index (χ1v) is 3.18. The highest BCUT2D eigenvalue weighted by molar-refractivity contribution is 6.36. The summed E-state index contributed by atoms with van der Waals surface area (Å²) in [6, 6.07) is 0. The number of carboxylic acids is 1. The summed E-state index contributed by atoms with van der Waals surface area (Å²) in [5, 5.41) is 13.1. The van der Waals surface area contributed by atoms with Gasteiger partial charge in [0.1, 0.15) is 5.71 Å². The van der Waals surface area contributed by atoms with Gasteiger partial charge in [-0.15, -0.1) is 0 Å². The fourth-order valence-corrected chi connectivity index (χ4v) is 0.824. The van der Waals surface area contributed by atoms with Gasteiger partial charge in [-0.05, 0) is 0 Å². The van der Waals surface area contributed by atoms with Crippen molar-refractivity contribution in [2.75, 3.05) is 7.05 Å². The molecule has 0 aromatic carbocycles. The van der Waals surface area contributed by atoms with Crippen LogP contribution in [0.25, 0.3) is 0 Å². The lowest BCUT2D eigenvalue weighted by atomic mass is 10.2. The Hall–Kier alpha value is -1.39. The van der Waals surface area contributed by atoms with Crippen LogP contribution in [0.4, 0.5) is 0 Å². The second-order valence-electron chi connectivity index (χ2n) is 2.27. The average molecular weight is 156 g/mol. The Balaban J connectivity index is 2.79. The molecule has 1 rings (SSSR count). The molecule has 0 unspecified atom stereocenters. The van der Waals surface area contributed by atoms with Crippen molar-refractivity contribution in [2.24, 2.45) is 5.10 Å². The van der Waals surface area contributed by atoms with Crippen molar-refractivity contribution >= 4 is 17.6 Å². The first-order valence-electron chi connectivity index (χ1n) is 3.18. The molecular weight excluding hydrogens is 148 g/mol. The van der Waals surface area contributed by atoms with Gasteiger partial charge in [0.25, 0.3) is 0 Å². The van der Waals surface area contributed by atoms with Gasteiger partial charge in [-0.3, -0.25) is 4.79 Å². The lowest BCUT2D eigenvalue weighted by Crippen LogP contribution is -2.31. The Morgan fingerprint density at radius 2 is 2.27 bits per heavy atom.